The van der Waals surface area contributed by atoms with Crippen molar-refractivity contribution in [3.8, 4) is 11.1 Å². The zero-order chi connectivity index (χ0) is 20.7. The molecule has 1 N–H and O–H groups in total. The molecule has 0 saturated carbocycles. The van der Waals surface area contributed by atoms with Gasteiger partial charge < -0.3 is 9.84 Å². The van der Waals surface area contributed by atoms with Crippen molar-refractivity contribution in [1.29, 1.82) is 0 Å². The van der Waals surface area contributed by atoms with Crippen LogP contribution in [-0.2, 0) is 16.0 Å². The normalized spacial score (nSPS) is 17.1. The summed E-state index contributed by atoms with van der Waals surface area (Å²) in [5.74, 6) is -1.08. The number of hydrogen-bond donors (Lipinski definition) is 1. The highest BCUT2D eigenvalue weighted by Crippen LogP contribution is 2.44. The van der Waals surface area contributed by atoms with Crippen molar-refractivity contribution < 1.29 is 19.4 Å². The van der Waals surface area contributed by atoms with E-state index in [0.29, 0.717) is 18.5 Å². The number of fused-ring (bicyclic) bond motifs is 4. The number of nitrogens with zero attached hydrogens (tertiary/aromatic N) is 1. The first kappa shape index (κ1) is 18.4. The third-order valence-electron chi connectivity index (χ3n) is 6.07. The second kappa shape index (κ2) is 7.34. The largest absolute Gasteiger partial charge is 0.480 e. The Balaban J connectivity index is 1.43. The van der Waals surface area contributed by atoms with Gasteiger partial charge in [-0.25, -0.2) is 9.59 Å². The van der Waals surface area contributed by atoms with Gasteiger partial charge in [0.1, 0.15) is 12.6 Å². The number of para-hydroxylation sites is 1. The molecule has 3 aromatic rings. The van der Waals surface area contributed by atoms with E-state index >= 15 is 0 Å². The SMILES string of the molecule is O=C(O)C1CCc2ccccc2N1C(=O)OCC1c2ccccc2-c2ccccc21. The Morgan fingerprint density at radius 3 is 2.17 bits per heavy atom. The summed E-state index contributed by atoms with van der Waals surface area (Å²) in [7, 11) is 0. The van der Waals surface area contributed by atoms with Crippen molar-refractivity contribution in [2.75, 3.05) is 11.5 Å². The van der Waals surface area contributed by atoms with Crippen LogP contribution in [0.5, 0.6) is 0 Å². The molecule has 1 unspecified atom stereocenters. The molecule has 0 fully saturated rings. The van der Waals surface area contributed by atoms with Gasteiger partial charge in [-0.15, -0.1) is 0 Å². The van der Waals surface area contributed by atoms with Crippen LogP contribution in [0.2, 0.25) is 0 Å². The summed E-state index contributed by atoms with van der Waals surface area (Å²) >= 11 is 0. The number of ether oxygens (including phenoxy) is 1. The van der Waals surface area contributed by atoms with Crippen LogP contribution in [0.15, 0.2) is 72.8 Å². The first-order valence-corrected chi connectivity index (χ1v) is 10.1. The molecule has 0 aromatic heterocycles. The van der Waals surface area contributed by atoms with E-state index in [9.17, 15) is 14.7 Å². The maximum absolute atomic E-state index is 13.1. The number of benzene rings is 3. The van der Waals surface area contributed by atoms with Crippen molar-refractivity contribution >= 4 is 17.7 Å². The maximum Gasteiger partial charge on any atom is 0.415 e. The summed E-state index contributed by atoms with van der Waals surface area (Å²) in [6.07, 6.45) is 0.382. The number of carbonyl (C=O) groups excluding carboxylic acids is 1. The highest BCUT2D eigenvalue weighted by atomic mass is 16.6. The molecule has 1 aliphatic heterocycles. The lowest BCUT2D eigenvalue weighted by Crippen LogP contribution is -2.48. The van der Waals surface area contributed by atoms with Gasteiger partial charge in [0.25, 0.3) is 0 Å². The first-order valence-electron chi connectivity index (χ1n) is 10.1. The lowest BCUT2D eigenvalue weighted by atomic mass is 9.96. The Morgan fingerprint density at radius 2 is 1.50 bits per heavy atom. The summed E-state index contributed by atoms with van der Waals surface area (Å²) in [4.78, 5) is 26.2. The lowest BCUT2D eigenvalue weighted by molar-refractivity contribution is -0.138. The Morgan fingerprint density at radius 1 is 0.900 bits per heavy atom. The van der Waals surface area contributed by atoms with Crippen molar-refractivity contribution in [3.05, 3.63) is 89.5 Å². The number of amides is 1. The minimum atomic E-state index is -1.02. The van der Waals surface area contributed by atoms with Gasteiger partial charge in [0, 0.05) is 5.92 Å². The number of hydrogen-bond acceptors (Lipinski definition) is 3. The van der Waals surface area contributed by atoms with Crippen molar-refractivity contribution in [2.45, 2.75) is 24.8 Å². The molecule has 30 heavy (non-hydrogen) atoms. The highest BCUT2D eigenvalue weighted by molar-refractivity contribution is 5.96. The van der Waals surface area contributed by atoms with Gasteiger partial charge in [0.2, 0.25) is 0 Å². The van der Waals surface area contributed by atoms with Crippen molar-refractivity contribution in [1.82, 2.24) is 0 Å². The Labute approximate surface area is 174 Å². The second-order valence-electron chi connectivity index (χ2n) is 7.70. The molecule has 0 saturated heterocycles. The molecule has 0 bridgehead atoms. The van der Waals surface area contributed by atoms with Gasteiger partial charge in [0.05, 0.1) is 5.69 Å². The van der Waals surface area contributed by atoms with E-state index in [1.165, 1.54) is 4.90 Å². The summed E-state index contributed by atoms with van der Waals surface area (Å²) in [6.45, 7) is 0.165. The number of anilines is 1. The summed E-state index contributed by atoms with van der Waals surface area (Å²) in [6, 6.07) is 22.8. The number of rotatable bonds is 3. The van der Waals surface area contributed by atoms with Crippen LogP contribution in [-0.4, -0.2) is 29.8 Å². The van der Waals surface area contributed by atoms with Crippen LogP contribution in [0.4, 0.5) is 10.5 Å². The zero-order valence-corrected chi connectivity index (χ0v) is 16.3. The summed E-state index contributed by atoms with van der Waals surface area (Å²) in [5.41, 5.74) is 6.14. The van der Waals surface area contributed by atoms with E-state index in [2.05, 4.69) is 24.3 Å². The maximum atomic E-state index is 13.1. The molecule has 0 radical (unpaired) electrons. The van der Waals surface area contributed by atoms with Gasteiger partial charge in [-0.05, 0) is 46.7 Å². The van der Waals surface area contributed by atoms with Gasteiger partial charge in [-0.1, -0.05) is 66.7 Å². The topological polar surface area (TPSA) is 66.8 Å². The molecular formula is C25H21NO4. The van der Waals surface area contributed by atoms with Crippen molar-refractivity contribution in [3.63, 3.8) is 0 Å². The van der Waals surface area contributed by atoms with E-state index in [1.807, 2.05) is 42.5 Å². The van der Waals surface area contributed by atoms with Crippen LogP contribution in [0, 0.1) is 0 Å². The highest BCUT2D eigenvalue weighted by Gasteiger charge is 2.37. The molecule has 3 aromatic carbocycles. The predicted molar refractivity (Wildman–Crippen MR) is 114 cm³/mol. The molecule has 5 heteroatoms. The van der Waals surface area contributed by atoms with E-state index in [4.69, 9.17) is 4.74 Å². The van der Waals surface area contributed by atoms with Gasteiger partial charge in [-0.2, -0.15) is 0 Å². The van der Waals surface area contributed by atoms with Crippen LogP contribution >= 0.6 is 0 Å². The van der Waals surface area contributed by atoms with E-state index in [1.54, 1.807) is 6.07 Å². The molecule has 1 aliphatic carbocycles. The number of aryl methyl sites for hydroxylation is 1. The molecule has 1 atom stereocenters. The van der Waals surface area contributed by atoms with E-state index in [0.717, 1.165) is 27.8 Å². The summed E-state index contributed by atoms with van der Waals surface area (Å²) < 4.78 is 5.74. The molecule has 5 rings (SSSR count). The quantitative estimate of drug-likeness (QED) is 0.684. The molecule has 0 spiro atoms. The number of carboxylic acids is 1. The van der Waals surface area contributed by atoms with Crippen LogP contribution < -0.4 is 4.90 Å². The summed E-state index contributed by atoms with van der Waals surface area (Å²) in [5, 5.41) is 9.67. The molecule has 1 heterocycles. The monoisotopic (exact) mass is 399 g/mol. The Hall–Kier alpha value is -3.60. The average molecular weight is 399 g/mol. The Kier molecular flexibility index (Phi) is 4.51. The van der Waals surface area contributed by atoms with Crippen LogP contribution in [0.3, 0.4) is 0 Å². The third-order valence-corrected chi connectivity index (χ3v) is 6.07. The van der Waals surface area contributed by atoms with E-state index in [-0.39, 0.29) is 12.5 Å². The number of carboxylic acid groups (broad SMARTS) is 1. The zero-order valence-electron chi connectivity index (χ0n) is 16.3. The van der Waals surface area contributed by atoms with Gasteiger partial charge in [-0.3, -0.25) is 4.90 Å². The average Bonchev–Trinajstić information content (AvgIpc) is 3.10. The second-order valence-corrected chi connectivity index (χ2v) is 7.70. The van der Waals surface area contributed by atoms with Crippen molar-refractivity contribution in [2.24, 2.45) is 0 Å². The molecule has 150 valence electrons. The Bertz CT molecular complexity index is 1090. The standard InChI is InChI=1S/C25H21NO4/c27-24(28)23-14-13-16-7-1-6-12-22(16)26(23)25(29)30-15-21-19-10-4-2-8-17(19)18-9-3-5-11-20(18)21/h1-12,21,23H,13-15H2,(H,27,28). The van der Waals surface area contributed by atoms with E-state index < -0.39 is 18.1 Å². The van der Waals surface area contributed by atoms with Gasteiger partial charge in [0.15, 0.2) is 0 Å². The van der Waals surface area contributed by atoms with Crippen LogP contribution in [0.1, 0.15) is 29.0 Å². The number of carbonyl (C=O) groups is 2. The smallest absolute Gasteiger partial charge is 0.415 e. The van der Waals surface area contributed by atoms with Gasteiger partial charge >= 0.3 is 12.1 Å². The minimum Gasteiger partial charge on any atom is -0.480 e. The molecule has 5 nitrogen and oxygen atoms in total. The first-order chi connectivity index (χ1) is 14.6. The minimum absolute atomic E-state index is 0.0651. The molecular weight excluding hydrogens is 378 g/mol. The fourth-order valence-corrected chi connectivity index (χ4v) is 4.67. The predicted octanol–water partition coefficient (Wildman–Crippen LogP) is 4.84. The fourth-order valence-electron chi connectivity index (χ4n) is 4.67. The molecule has 1 amide bonds. The molecule has 2 aliphatic rings. The number of aliphatic carboxylic acids is 1. The fraction of sp³-hybridized carbons (Fsp3) is 0.200. The lowest BCUT2D eigenvalue weighted by Gasteiger charge is -2.34. The van der Waals surface area contributed by atoms with Crippen LogP contribution in [0.25, 0.3) is 11.1 Å². The third kappa shape index (κ3) is 2.94.